The third kappa shape index (κ3) is 4.94. The Morgan fingerprint density at radius 1 is 1.18 bits per heavy atom. The maximum atomic E-state index is 5.95. The summed E-state index contributed by atoms with van der Waals surface area (Å²) in [5.41, 5.74) is 5.95. The van der Waals surface area contributed by atoms with Crippen LogP contribution in [-0.4, -0.2) is 43.8 Å². The molecule has 0 radical (unpaired) electrons. The molecule has 1 aliphatic rings. The zero-order chi connectivity index (χ0) is 12.5. The van der Waals surface area contributed by atoms with Gasteiger partial charge in [0.1, 0.15) is 0 Å². The van der Waals surface area contributed by atoms with E-state index < -0.39 is 0 Å². The molecule has 0 aromatic carbocycles. The second-order valence-electron chi connectivity index (χ2n) is 5.03. The fourth-order valence-corrected chi connectivity index (χ4v) is 3.01. The lowest BCUT2D eigenvalue weighted by atomic mass is 9.93. The summed E-state index contributed by atoms with van der Waals surface area (Å²) in [5.74, 6) is 0.694. The second kappa shape index (κ2) is 8.90. The topological polar surface area (TPSA) is 38.5 Å². The molecule has 1 aliphatic carbocycles. The Kier molecular flexibility index (Phi) is 7.82. The molecule has 102 valence electrons. The van der Waals surface area contributed by atoms with Gasteiger partial charge in [0.2, 0.25) is 0 Å². The van der Waals surface area contributed by atoms with Gasteiger partial charge >= 0.3 is 0 Å². The van der Waals surface area contributed by atoms with Crippen LogP contribution in [0.1, 0.15) is 46.0 Å². The summed E-state index contributed by atoms with van der Waals surface area (Å²) in [5, 5.41) is 0. The zero-order valence-corrected chi connectivity index (χ0v) is 11.7. The maximum absolute atomic E-state index is 5.95. The Labute approximate surface area is 107 Å². The summed E-state index contributed by atoms with van der Waals surface area (Å²) in [6, 6.07) is 0.688. The van der Waals surface area contributed by atoms with Gasteiger partial charge in [-0.15, -0.1) is 0 Å². The zero-order valence-electron chi connectivity index (χ0n) is 11.7. The summed E-state index contributed by atoms with van der Waals surface area (Å²) >= 11 is 0. The van der Waals surface area contributed by atoms with Crippen LogP contribution in [0, 0.1) is 5.92 Å². The van der Waals surface area contributed by atoms with Gasteiger partial charge in [0, 0.05) is 19.2 Å². The lowest BCUT2D eigenvalue weighted by Gasteiger charge is -2.35. The number of nitrogens with two attached hydrogens (primary N) is 1. The third-order valence-electron chi connectivity index (χ3n) is 4.02. The molecule has 2 N–H and O–H groups in total. The van der Waals surface area contributed by atoms with Crippen molar-refractivity contribution in [2.45, 2.75) is 52.0 Å². The monoisotopic (exact) mass is 242 g/mol. The molecule has 0 bridgehead atoms. The summed E-state index contributed by atoms with van der Waals surface area (Å²) in [6.07, 6.45) is 6.75. The molecule has 0 saturated heterocycles. The average Bonchev–Trinajstić information content (AvgIpc) is 2.60. The lowest BCUT2D eigenvalue weighted by molar-refractivity contribution is 0.0768. The molecule has 0 aromatic heterocycles. The Morgan fingerprint density at radius 2 is 1.94 bits per heavy atom. The molecule has 2 unspecified atom stereocenters. The quantitative estimate of drug-likeness (QED) is 0.550. The van der Waals surface area contributed by atoms with Gasteiger partial charge in [0.05, 0.1) is 6.61 Å². The van der Waals surface area contributed by atoms with Gasteiger partial charge in [0.25, 0.3) is 0 Å². The molecule has 0 amide bonds. The van der Waals surface area contributed by atoms with Gasteiger partial charge in [-0.2, -0.15) is 0 Å². The molecule has 2 atom stereocenters. The molecular formula is C14H30N2O. The summed E-state index contributed by atoms with van der Waals surface area (Å²) in [6.45, 7) is 9.02. The van der Waals surface area contributed by atoms with Crippen LogP contribution in [0.15, 0.2) is 0 Å². The van der Waals surface area contributed by atoms with E-state index in [1.165, 1.54) is 32.1 Å². The highest BCUT2D eigenvalue weighted by molar-refractivity contribution is 4.82. The van der Waals surface area contributed by atoms with Crippen molar-refractivity contribution in [3.05, 3.63) is 0 Å². The lowest BCUT2D eigenvalue weighted by Crippen LogP contribution is -2.44. The van der Waals surface area contributed by atoms with E-state index in [0.29, 0.717) is 12.0 Å². The minimum atomic E-state index is 0.688. The van der Waals surface area contributed by atoms with Crippen LogP contribution in [-0.2, 0) is 4.74 Å². The summed E-state index contributed by atoms with van der Waals surface area (Å²) < 4.78 is 5.48. The van der Waals surface area contributed by atoms with Gasteiger partial charge in [-0.1, -0.05) is 26.2 Å². The molecule has 0 aliphatic heterocycles. The summed E-state index contributed by atoms with van der Waals surface area (Å²) in [4.78, 5) is 2.58. The highest BCUT2D eigenvalue weighted by Gasteiger charge is 2.26. The number of nitrogens with zero attached hydrogens (tertiary/aromatic N) is 1. The number of ether oxygens (including phenoxy) is 1. The molecule has 3 nitrogen and oxygen atoms in total. The van der Waals surface area contributed by atoms with Crippen molar-refractivity contribution in [2.24, 2.45) is 11.7 Å². The number of hydrogen-bond acceptors (Lipinski definition) is 3. The molecule has 0 spiro atoms. The molecule has 0 aromatic rings. The van der Waals surface area contributed by atoms with Gasteiger partial charge in [-0.25, -0.2) is 0 Å². The molecule has 3 heteroatoms. The van der Waals surface area contributed by atoms with E-state index in [1.54, 1.807) is 0 Å². The van der Waals surface area contributed by atoms with Crippen LogP contribution in [0.3, 0.4) is 0 Å². The normalized spacial score (nSPS) is 26.1. The van der Waals surface area contributed by atoms with E-state index in [0.717, 1.165) is 32.8 Å². The van der Waals surface area contributed by atoms with Crippen LogP contribution in [0.4, 0.5) is 0 Å². The largest absolute Gasteiger partial charge is 0.380 e. The van der Waals surface area contributed by atoms with Gasteiger partial charge in [-0.05, 0) is 38.8 Å². The molecule has 0 heterocycles. The molecular weight excluding hydrogens is 212 g/mol. The van der Waals surface area contributed by atoms with Crippen LogP contribution in [0.5, 0.6) is 0 Å². The van der Waals surface area contributed by atoms with Crippen LogP contribution in [0.2, 0.25) is 0 Å². The maximum Gasteiger partial charge on any atom is 0.0593 e. The Morgan fingerprint density at radius 3 is 2.59 bits per heavy atom. The van der Waals surface area contributed by atoms with Crippen molar-refractivity contribution < 1.29 is 4.74 Å². The number of hydrogen-bond donors (Lipinski definition) is 1. The molecule has 1 saturated carbocycles. The molecule has 17 heavy (non-hydrogen) atoms. The first-order valence-electron chi connectivity index (χ1n) is 7.35. The van der Waals surface area contributed by atoms with Gasteiger partial charge in [0.15, 0.2) is 0 Å². The average molecular weight is 242 g/mol. The van der Waals surface area contributed by atoms with Crippen molar-refractivity contribution in [1.29, 1.82) is 0 Å². The van der Waals surface area contributed by atoms with Gasteiger partial charge in [-0.3, -0.25) is 4.90 Å². The number of rotatable bonds is 7. The van der Waals surface area contributed by atoms with E-state index >= 15 is 0 Å². The fourth-order valence-electron chi connectivity index (χ4n) is 3.01. The Balaban J connectivity index is 2.49. The van der Waals surface area contributed by atoms with Crippen LogP contribution < -0.4 is 5.73 Å². The second-order valence-corrected chi connectivity index (χ2v) is 5.03. The smallest absolute Gasteiger partial charge is 0.0593 e. The minimum absolute atomic E-state index is 0.688. The van der Waals surface area contributed by atoms with E-state index in [9.17, 15) is 0 Å². The van der Waals surface area contributed by atoms with Crippen LogP contribution in [0.25, 0.3) is 0 Å². The highest BCUT2D eigenvalue weighted by atomic mass is 16.5. The first-order chi connectivity index (χ1) is 8.33. The highest BCUT2D eigenvalue weighted by Crippen LogP contribution is 2.26. The Hall–Kier alpha value is -0.120. The fraction of sp³-hybridized carbons (Fsp3) is 1.00. The van der Waals surface area contributed by atoms with Gasteiger partial charge < -0.3 is 10.5 Å². The Bertz CT molecular complexity index is 187. The van der Waals surface area contributed by atoms with Crippen molar-refractivity contribution in [2.75, 3.05) is 32.8 Å². The van der Waals surface area contributed by atoms with Crippen LogP contribution >= 0.6 is 0 Å². The first-order valence-corrected chi connectivity index (χ1v) is 7.35. The van der Waals surface area contributed by atoms with Crippen molar-refractivity contribution >= 4 is 0 Å². The molecule has 1 rings (SSSR count). The van der Waals surface area contributed by atoms with E-state index in [-0.39, 0.29) is 0 Å². The van der Waals surface area contributed by atoms with E-state index in [1.807, 2.05) is 0 Å². The molecule has 1 fully saturated rings. The first kappa shape index (κ1) is 14.9. The van der Waals surface area contributed by atoms with Crippen molar-refractivity contribution in [3.63, 3.8) is 0 Å². The van der Waals surface area contributed by atoms with Crippen molar-refractivity contribution in [3.8, 4) is 0 Å². The summed E-state index contributed by atoms with van der Waals surface area (Å²) in [7, 11) is 0. The number of likely N-dealkylation sites (N-methyl/N-ethyl adjacent to an activating group) is 1. The van der Waals surface area contributed by atoms with E-state index in [4.69, 9.17) is 10.5 Å². The SMILES string of the molecule is CCOCCN(CC)C1CCCCCC1CN. The van der Waals surface area contributed by atoms with Crippen molar-refractivity contribution in [1.82, 2.24) is 4.90 Å². The van der Waals surface area contributed by atoms with E-state index in [2.05, 4.69) is 18.7 Å². The third-order valence-corrected chi connectivity index (χ3v) is 4.02. The predicted molar refractivity (Wildman–Crippen MR) is 73.2 cm³/mol. The standard InChI is InChI=1S/C14H30N2O/c1-3-16(10-11-17-4-2)14-9-7-5-6-8-13(14)12-15/h13-14H,3-12,15H2,1-2H3. The predicted octanol–water partition coefficient (Wildman–Crippen LogP) is 2.25. The minimum Gasteiger partial charge on any atom is -0.380 e.